The Balaban J connectivity index is 3.42. The van der Waals surface area contributed by atoms with Crippen LogP contribution in [0.25, 0.3) is 0 Å². The highest BCUT2D eigenvalue weighted by Gasteiger charge is 2.11. The summed E-state index contributed by atoms with van der Waals surface area (Å²) in [6.07, 6.45) is 39.7. The molecule has 4 nitrogen and oxygen atoms in total. The van der Waals surface area contributed by atoms with Gasteiger partial charge in [-0.1, -0.05) is 161 Å². The van der Waals surface area contributed by atoms with Gasteiger partial charge in [-0.05, 0) is 38.5 Å². The maximum atomic E-state index is 12.0. The molecule has 1 atom stereocenters. The van der Waals surface area contributed by atoms with Crippen molar-refractivity contribution in [2.24, 2.45) is 0 Å². The molecule has 0 spiro atoms. The Kier molecular flexibility index (Phi) is 34.6. The Morgan fingerprint density at radius 2 is 0.951 bits per heavy atom. The molecule has 0 heterocycles. The van der Waals surface area contributed by atoms with Crippen molar-refractivity contribution in [3.63, 3.8) is 0 Å². The Hall–Kier alpha value is -0.870. The molecule has 0 aromatic carbocycles. The second-order valence-corrected chi connectivity index (χ2v) is 12.3. The lowest BCUT2D eigenvalue weighted by Gasteiger charge is -2.15. The van der Waals surface area contributed by atoms with Crippen LogP contribution >= 0.6 is 0 Å². The monoisotopic (exact) mass is 581 g/mol. The summed E-state index contributed by atoms with van der Waals surface area (Å²) in [4.78, 5) is 12.0. The molecule has 0 unspecified atom stereocenters. The predicted molar refractivity (Wildman–Crippen MR) is 178 cm³/mol. The number of unbranched alkanes of at least 4 members (excludes halogenated alkanes) is 24. The van der Waals surface area contributed by atoms with E-state index in [0.29, 0.717) is 13.0 Å². The molecule has 0 fully saturated rings. The second-order valence-electron chi connectivity index (χ2n) is 12.3. The molecule has 0 aromatic rings. The van der Waals surface area contributed by atoms with Gasteiger partial charge in [0.25, 0.3) is 0 Å². The van der Waals surface area contributed by atoms with Crippen LogP contribution in [0.5, 0.6) is 0 Å². The zero-order valence-electron chi connectivity index (χ0n) is 27.8. The third-order valence-electron chi connectivity index (χ3n) is 8.13. The SMILES string of the molecule is CCCCCCCC/C=C\CCCCCCCC(=O)OC[C@@H](CO)OCCCCCCCCCCCCCCCC. The number of hydrogen-bond donors (Lipinski definition) is 1. The number of rotatable bonds is 34. The van der Waals surface area contributed by atoms with E-state index in [1.165, 1.54) is 154 Å². The molecule has 4 heteroatoms. The lowest BCUT2D eigenvalue weighted by atomic mass is 10.0. The minimum Gasteiger partial charge on any atom is -0.463 e. The largest absolute Gasteiger partial charge is 0.463 e. The number of aliphatic hydroxyl groups is 1. The van der Waals surface area contributed by atoms with Crippen molar-refractivity contribution in [1.82, 2.24) is 0 Å². The number of ether oxygens (including phenoxy) is 2. The van der Waals surface area contributed by atoms with E-state index in [-0.39, 0.29) is 19.2 Å². The molecule has 0 bridgehead atoms. The number of allylic oxidation sites excluding steroid dienone is 2. The summed E-state index contributed by atoms with van der Waals surface area (Å²) < 4.78 is 11.1. The van der Waals surface area contributed by atoms with E-state index >= 15 is 0 Å². The van der Waals surface area contributed by atoms with Crippen LogP contribution in [0.3, 0.4) is 0 Å². The van der Waals surface area contributed by atoms with Crippen LogP contribution in [0.2, 0.25) is 0 Å². The van der Waals surface area contributed by atoms with Crippen molar-refractivity contribution in [3.05, 3.63) is 12.2 Å². The molecule has 0 aliphatic carbocycles. The molecule has 244 valence electrons. The van der Waals surface area contributed by atoms with Crippen molar-refractivity contribution in [2.75, 3.05) is 19.8 Å². The van der Waals surface area contributed by atoms with Crippen LogP contribution in [0.15, 0.2) is 12.2 Å². The molecule has 1 N–H and O–H groups in total. The fourth-order valence-corrected chi connectivity index (χ4v) is 5.30. The molecular formula is C37H72O4. The summed E-state index contributed by atoms with van der Waals surface area (Å²) in [7, 11) is 0. The van der Waals surface area contributed by atoms with Gasteiger partial charge in [-0.15, -0.1) is 0 Å². The molecule has 0 rings (SSSR count). The summed E-state index contributed by atoms with van der Waals surface area (Å²) in [6.45, 7) is 5.25. The van der Waals surface area contributed by atoms with E-state index in [2.05, 4.69) is 26.0 Å². The van der Waals surface area contributed by atoms with Gasteiger partial charge in [0.2, 0.25) is 0 Å². The van der Waals surface area contributed by atoms with E-state index in [0.717, 1.165) is 19.3 Å². The summed E-state index contributed by atoms with van der Waals surface area (Å²) in [6, 6.07) is 0. The van der Waals surface area contributed by atoms with Gasteiger partial charge in [-0.3, -0.25) is 4.79 Å². The van der Waals surface area contributed by atoms with Crippen molar-refractivity contribution < 1.29 is 19.4 Å². The molecule has 0 aromatic heterocycles. The second kappa shape index (κ2) is 35.3. The molecule has 0 amide bonds. The van der Waals surface area contributed by atoms with E-state index in [1.807, 2.05) is 0 Å². The summed E-state index contributed by atoms with van der Waals surface area (Å²) in [5.41, 5.74) is 0. The van der Waals surface area contributed by atoms with E-state index in [4.69, 9.17) is 9.47 Å². The molecule has 41 heavy (non-hydrogen) atoms. The average molecular weight is 581 g/mol. The van der Waals surface area contributed by atoms with Crippen LogP contribution in [0.4, 0.5) is 0 Å². The summed E-state index contributed by atoms with van der Waals surface area (Å²) >= 11 is 0. The molecule has 0 saturated heterocycles. The Bertz CT molecular complexity index is 533. The van der Waals surface area contributed by atoms with E-state index in [1.54, 1.807) is 0 Å². The van der Waals surface area contributed by atoms with E-state index in [9.17, 15) is 9.90 Å². The molecule has 0 radical (unpaired) electrons. The zero-order valence-corrected chi connectivity index (χ0v) is 27.8. The van der Waals surface area contributed by atoms with Gasteiger partial charge in [-0.25, -0.2) is 0 Å². The standard InChI is InChI=1S/C37H72O4/c1-3-5-7-9-11-13-15-17-19-20-22-24-26-28-30-32-37(39)41-35-36(34-38)40-33-31-29-27-25-23-21-18-16-14-12-10-8-6-4-2/h17,19,36,38H,3-16,18,20-35H2,1-2H3/b19-17-/t36-/m1/s1. The fraction of sp³-hybridized carbons (Fsp3) is 0.919. The number of esters is 1. The fourth-order valence-electron chi connectivity index (χ4n) is 5.30. The number of carbonyl (C=O) groups excluding carboxylic acids is 1. The van der Waals surface area contributed by atoms with Crippen molar-refractivity contribution >= 4 is 5.97 Å². The minimum absolute atomic E-state index is 0.0979. The summed E-state index contributed by atoms with van der Waals surface area (Å²) in [5, 5.41) is 9.55. The highest BCUT2D eigenvalue weighted by atomic mass is 16.6. The van der Waals surface area contributed by atoms with Crippen LogP contribution < -0.4 is 0 Å². The Morgan fingerprint density at radius 1 is 0.561 bits per heavy atom. The van der Waals surface area contributed by atoms with Crippen molar-refractivity contribution in [3.8, 4) is 0 Å². The van der Waals surface area contributed by atoms with Gasteiger partial charge in [0.1, 0.15) is 12.7 Å². The van der Waals surface area contributed by atoms with Gasteiger partial charge in [-0.2, -0.15) is 0 Å². The quantitative estimate of drug-likeness (QED) is 0.0467. The van der Waals surface area contributed by atoms with Crippen molar-refractivity contribution in [1.29, 1.82) is 0 Å². The maximum Gasteiger partial charge on any atom is 0.305 e. The first-order chi connectivity index (χ1) is 20.2. The zero-order chi connectivity index (χ0) is 29.9. The molecule has 0 aliphatic heterocycles. The predicted octanol–water partition coefficient (Wildman–Crippen LogP) is 11.4. The van der Waals surface area contributed by atoms with Gasteiger partial charge >= 0.3 is 5.97 Å². The minimum atomic E-state index is -0.393. The topological polar surface area (TPSA) is 55.8 Å². The highest BCUT2D eigenvalue weighted by Crippen LogP contribution is 2.14. The molecule has 0 aliphatic rings. The first kappa shape index (κ1) is 40.1. The Morgan fingerprint density at radius 3 is 1.39 bits per heavy atom. The third-order valence-corrected chi connectivity index (χ3v) is 8.13. The number of aliphatic hydroxyl groups excluding tert-OH is 1. The number of carbonyl (C=O) groups is 1. The van der Waals surface area contributed by atoms with Crippen molar-refractivity contribution in [2.45, 2.75) is 200 Å². The summed E-state index contributed by atoms with van der Waals surface area (Å²) in [5.74, 6) is -0.166. The first-order valence-corrected chi connectivity index (χ1v) is 18.3. The lowest BCUT2D eigenvalue weighted by molar-refractivity contribution is -0.149. The first-order valence-electron chi connectivity index (χ1n) is 18.3. The molecule has 0 saturated carbocycles. The van der Waals surface area contributed by atoms with E-state index < -0.39 is 6.10 Å². The smallest absolute Gasteiger partial charge is 0.305 e. The molecular weight excluding hydrogens is 508 g/mol. The van der Waals surface area contributed by atoms with Gasteiger partial charge in [0, 0.05) is 13.0 Å². The van der Waals surface area contributed by atoms with Gasteiger partial charge in [0.05, 0.1) is 6.61 Å². The van der Waals surface area contributed by atoms with Crippen LogP contribution in [0, 0.1) is 0 Å². The highest BCUT2D eigenvalue weighted by molar-refractivity contribution is 5.69. The Labute approximate surface area is 256 Å². The van der Waals surface area contributed by atoms with Crippen LogP contribution in [-0.4, -0.2) is 37.0 Å². The van der Waals surface area contributed by atoms with Crippen LogP contribution in [-0.2, 0) is 14.3 Å². The average Bonchev–Trinajstić information content (AvgIpc) is 2.98. The number of hydrogen-bond acceptors (Lipinski definition) is 4. The van der Waals surface area contributed by atoms with Gasteiger partial charge < -0.3 is 14.6 Å². The maximum absolute atomic E-state index is 12.0. The van der Waals surface area contributed by atoms with Crippen LogP contribution in [0.1, 0.15) is 194 Å². The lowest BCUT2D eigenvalue weighted by Crippen LogP contribution is -2.26. The normalized spacial score (nSPS) is 12.4. The third kappa shape index (κ3) is 33.5. The van der Waals surface area contributed by atoms with Gasteiger partial charge in [0.15, 0.2) is 0 Å².